The number of carbonyl (C=O) groups excluding carboxylic acids is 1. The standard InChI is InChI=1S/C25H37N3O3/c26-24(27)21-13-11-18(12-14-21)15-22(20-9-5-2-6-10-20)25(31)28(17-23(29)30)16-19-7-3-1-4-8-19/h11-14,19-20,22H,1-10,15-17H2,(H3,26,27)(H,29,30). The molecule has 1 atom stereocenters. The third-order valence-corrected chi connectivity index (χ3v) is 7.10. The number of hydrogen-bond acceptors (Lipinski definition) is 3. The van der Waals surface area contributed by atoms with E-state index in [0.717, 1.165) is 44.1 Å². The quantitative estimate of drug-likeness (QED) is 0.405. The van der Waals surface area contributed by atoms with Crippen molar-refractivity contribution in [2.75, 3.05) is 13.1 Å². The summed E-state index contributed by atoms with van der Waals surface area (Å²) in [5.41, 5.74) is 7.29. The van der Waals surface area contributed by atoms with Crippen molar-refractivity contribution < 1.29 is 14.7 Å². The van der Waals surface area contributed by atoms with Crippen molar-refractivity contribution in [3.05, 3.63) is 35.4 Å². The van der Waals surface area contributed by atoms with Gasteiger partial charge in [-0.3, -0.25) is 15.0 Å². The Bertz CT molecular complexity index is 750. The lowest BCUT2D eigenvalue weighted by Gasteiger charge is -2.35. The van der Waals surface area contributed by atoms with E-state index >= 15 is 0 Å². The van der Waals surface area contributed by atoms with Crippen LogP contribution in [0.2, 0.25) is 0 Å². The second kappa shape index (κ2) is 11.3. The Kier molecular flexibility index (Phi) is 8.50. The zero-order valence-corrected chi connectivity index (χ0v) is 18.5. The Morgan fingerprint density at radius 2 is 1.58 bits per heavy atom. The van der Waals surface area contributed by atoms with Gasteiger partial charge in [0.05, 0.1) is 0 Å². The zero-order chi connectivity index (χ0) is 22.2. The summed E-state index contributed by atoms with van der Waals surface area (Å²) in [6, 6.07) is 7.55. The molecule has 0 saturated heterocycles. The van der Waals surface area contributed by atoms with Gasteiger partial charge < -0.3 is 15.7 Å². The highest BCUT2D eigenvalue weighted by atomic mass is 16.4. The first kappa shape index (κ1) is 23.3. The summed E-state index contributed by atoms with van der Waals surface area (Å²) in [6.45, 7) is 0.361. The van der Waals surface area contributed by atoms with Gasteiger partial charge in [-0.2, -0.15) is 0 Å². The molecular weight excluding hydrogens is 390 g/mol. The molecule has 1 aromatic rings. The van der Waals surface area contributed by atoms with Crippen LogP contribution < -0.4 is 5.73 Å². The zero-order valence-electron chi connectivity index (χ0n) is 18.5. The van der Waals surface area contributed by atoms with Gasteiger partial charge in [0.15, 0.2) is 0 Å². The van der Waals surface area contributed by atoms with E-state index in [1.165, 1.54) is 25.7 Å². The summed E-state index contributed by atoms with van der Waals surface area (Å²) in [6.07, 6.45) is 11.9. The van der Waals surface area contributed by atoms with Gasteiger partial charge in [-0.25, -0.2) is 0 Å². The number of amidine groups is 1. The number of nitrogens with zero attached hydrogens (tertiary/aromatic N) is 1. The average molecular weight is 428 g/mol. The van der Waals surface area contributed by atoms with Gasteiger partial charge in [0.2, 0.25) is 5.91 Å². The van der Waals surface area contributed by atoms with Crippen molar-refractivity contribution in [1.82, 2.24) is 4.90 Å². The summed E-state index contributed by atoms with van der Waals surface area (Å²) < 4.78 is 0. The fourth-order valence-corrected chi connectivity index (χ4v) is 5.38. The van der Waals surface area contributed by atoms with Gasteiger partial charge in [-0.15, -0.1) is 0 Å². The van der Waals surface area contributed by atoms with Crippen molar-refractivity contribution in [3.8, 4) is 0 Å². The Morgan fingerprint density at radius 1 is 1.00 bits per heavy atom. The maximum absolute atomic E-state index is 13.7. The largest absolute Gasteiger partial charge is 0.480 e. The number of benzene rings is 1. The van der Waals surface area contributed by atoms with Crippen LogP contribution in [-0.2, 0) is 16.0 Å². The van der Waals surface area contributed by atoms with Crippen LogP contribution >= 0.6 is 0 Å². The number of hydrogen-bond donors (Lipinski definition) is 3. The lowest BCUT2D eigenvalue weighted by Crippen LogP contribution is -2.45. The third-order valence-electron chi connectivity index (χ3n) is 7.10. The number of carboxylic acids is 1. The van der Waals surface area contributed by atoms with Gasteiger partial charge in [0.1, 0.15) is 12.4 Å². The number of aliphatic carboxylic acids is 1. The fraction of sp³-hybridized carbons (Fsp3) is 0.640. The summed E-state index contributed by atoms with van der Waals surface area (Å²) in [5, 5.41) is 17.1. The predicted molar refractivity (Wildman–Crippen MR) is 122 cm³/mol. The highest BCUT2D eigenvalue weighted by molar-refractivity contribution is 5.94. The second-order valence-electron chi connectivity index (χ2n) is 9.44. The minimum Gasteiger partial charge on any atom is -0.480 e. The first-order chi connectivity index (χ1) is 14.9. The van der Waals surface area contributed by atoms with Crippen molar-refractivity contribution in [3.63, 3.8) is 0 Å². The molecule has 6 heteroatoms. The molecule has 0 spiro atoms. The van der Waals surface area contributed by atoms with E-state index in [1.807, 2.05) is 24.3 Å². The van der Waals surface area contributed by atoms with E-state index in [0.29, 0.717) is 30.4 Å². The van der Waals surface area contributed by atoms with Crippen LogP contribution in [0.5, 0.6) is 0 Å². The number of amides is 1. The van der Waals surface area contributed by atoms with Crippen molar-refractivity contribution in [2.45, 2.75) is 70.6 Å². The number of nitrogens with two attached hydrogens (primary N) is 1. The number of rotatable bonds is 9. The Hall–Kier alpha value is -2.37. The Balaban J connectivity index is 1.79. The van der Waals surface area contributed by atoms with Gasteiger partial charge in [0, 0.05) is 18.0 Å². The molecule has 0 radical (unpaired) electrons. The van der Waals surface area contributed by atoms with Crippen LogP contribution in [0.25, 0.3) is 0 Å². The number of nitrogen functional groups attached to an aromatic ring is 1. The Labute approximate surface area is 185 Å². The molecule has 1 unspecified atom stereocenters. The molecule has 0 aliphatic heterocycles. The predicted octanol–water partition coefficient (Wildman–Crippen LogP) is 4.20. The lowest BCUT2D eigenvalue weighted by atomic mass is 9.76. The summed E-state index contributed by atoms with van der Waals surface area (Å²) in [4.78, 5) is 27.0. The van der Waals surface area contributed by atoms with Crippen molar-refractivity contribution >= 4 is 17.7 Å². The van der Waals surface area contributed by atoms with Gasteiger partial charge in [-0.05, 0) is 49.5 Å². The van der Waals surface area contributed by atoms with E-state index < -0.39 is 5.97 Å². The van der Waals surface area contributed by atoms with E-state index in [4.69, 9.17) is 11.1 Å². The SMILES string of the molecule is N=C(N)c1ccc(CC(C(=O)N(CC(=O)O)CC2CCCCC2)C2CCCCC2)cc1. The molecule has 2 fully saturated rings. The molecule has 2 saturated carbocycles. The second-order valence-corrected chi connectivity index (χ2v) is 9.44. The molecule has 0 aromatic heterocycles. The normalized spacial score (nSPS) is 19.0. The van der Waals surface area contributed by atoms with Crippen LogP contribution in [0.3, 0.4) is 0 Å². The molecule has 170 valence electrons. The van der Waals surface area contributed by atoms with Crippen LogP contribution in [0.1, 0.15) is 75.3 Å². The van der Waals surface area contributed by atoms with Crippen LogP contribution in [-0.4, -0.2) is 40.8 Å². The molecule has 2 aliphatic rings. The lowest BCUT2D eigenvalue weighted by molar-refractivity contribution is -0.148. The molecule has 2 aliphatic carbocycles. The van der Waals surface area contributed by atoms with E-state index in [9.17, 15) is 14.7 Å². The van der Waals surface area contributed by atoms with E-state index in [-0.39, 0.29) is 24.2 Å². The van der Waals surface area contributed by atoms with E-state index in [1.54, 1.807) is 4.90 Å². The molecular formula is C25H37N3O3. The molecule has 1 aromatic carbocycles. The molecule has 3 rings (SSSR count). The average Bonchev–Trinajstić information content (AvgIpc) is 2.78. The number of carbonyl (C=O) groups is 2. The molecule has 4 N–H and O–H groups in total. The first-order valence-corrected chi connectivity index (χ1v) is 11.9. The summed E-state index contributed by atoms with van der Waals surface area (Å²) >= 11 is 0. The number of nitrogens with one attached hydrogen (secondary N) is 1. The molecule has 0 heterocycles. The summed E-state index contributed by atoms with van der Waals surface area (Å²) in [5.74, 6) is -0.360. The van der Waals surface area contributed by atoms with Gasteiger partial charge in [0.25, 0.3) is 0 Å². The minimum atomic E-state index is -0.933. The highest BCUT2D eigenvalue weighted by Gasteiger charge is 2.34. The van der Waals surface area contributed by atoms with Gasteiger partial charge >= 0.3 is 5.97 Å². The monoisotopic (exact) mass is 427 g/mol. The maximum Gasteiger partial charge on any atom is 0.323 e. The highest BCUT2D eigenvalue weighted by Crippen LogP contribution is 2.34. The van der Waals surface area contributed by atoms with Crippen LogP contribution in [0.15, 0.2) is 24.3 Å². The maximum atomic E-state index is 13.7. The van der Waals surface area contributed by atoms with Crippen LogP contribution in [0, 0.1) is 23.2 Å². The molecule has 1 amide bonds. The minimum absolute atomic E-state index is 0.00974. The summed E-state index contributed by atoms with van der Waals surface area (Å²) in [7, 11) is 0. The number of carboxylic acid groups (broad SMARTS) is 1. The van der Waals surface area contributed by atoms with Gasteiger partial charge in [-0.1, -0.05) is 62.8 Å². The topological polar surface area (TPSA) is 107 Å². The smallest absolute Gasteiger partial charge is 0.323 e. The third kappa shape index (κ3) is 6.81. The van der Waals surface area contributed by atoms with Crippen LogP contribution in [0.4, 0.5) is 0 Å². The fourth-order valence-electron chi connectivity index (χ4n) is 5.38. The van der Waals surface area contributed by atoms with Crippen molar-refractivity contribution in [2.24, 2.45) is 23.5 Å². The van der Waals surface area contributed by atoms with Crippen molar-refractivity contribution in [1.29, 1.82) is 5.41 Å². The molecule has 31 heavy (non-hydrogen) atoms. The van der Waals surface area contributed by atoms with E-state index in [2.05, 4.69) is 0 Å². The molecule has 0 bridgehead atoms. The Morgan fingerprint density at radius 3 is 2.13 bits per heavy atom. The first-order valence-electron chi connectivity index (χ1n) is 11.9. The molecule has 6 nitrogen and oxygen atoms in total.